The van der Waals surface area contributed by atoms with Gasteiger partial charge in [0.25, 0.3) is 11.8 Å². The van der Waals surface area contributed by atoms with Gasteiger partial charge < -0.3 is 31.1 Å². The van der Waals surface area contributed by atoms with Gasteiger partial charge in [0, 0.05) is 44.0 Å². The molecule has 0 aromatic heterocycles. The highest BCUT2D eigenvalue weighted by Gasteiger charge is 2.36. The number of hydrogen-bond acceptors (Lipinski definition) is 7. The van der Waals surface area contributed by atoms with E-state index < -0.39 is 53.0 Å². The minimum Gasteiger partial charge on any atom is -0.369 e. The van der Waals surface area contributed by atoms with Crippen molar-refractivity contribution in [2.75, 3.05) is 38.1 Å². The van der Waals surface area contributed by atoms with Gasteiger partial charge in [0.2, 0.25) is 17.6 Å². The van der Waals surface area contributed by atoms with E-state index in [2.05, 4.69) is 38.1 Å². The van der Waals surface area contributed by atoms with E-state index in [-0.39, 0.29) is 12.5 Å². The Bertz CT molecular complexity index is 1330. The molecule has 0 bridgehead atoms. The fraction of sp³-hybridized carbons (Fsp3) is 0.500. The summed E-state index contributed by atoms with van der Waals surface area (Å²) in [6, 6.07) is 13.4. The number of hydrogen-bond donors (Lipinski definition) is 4. The molecule has 0 spiro atoms. The predicted octanol–water partition coefficient (Wildman–Crippen LogP) is 2.11. The van der Waals surface area contributed by atoms with Gasteiger partial charge in [0.15, 0.2) is 0 Å². The van der Waals surface area contributed by atoms with Gasteiger partial charge in [0.1, 0.15) is 12.1 Å². The number of nitrogens with zero attached hydrogens (tertiary/aromatic N) is 2. The maximum atomic E-state index is 13.4. The summed E-state index contributed by atoms with van der Waals surface area (Å²) in [6.07, 6.45) is 0. The topological polar surface area (TPSA) is 140 Å². The van der Waals surface area contributed by atoms with Gasteiger partial charge in [-0.15, -0.1) is 0 Å². The fourth-order valence-corrected chi connectivity index (χ4v) is 4.96. The quantitative estimate of drug-likeness (QED) is 0.267. The Morgan fingerprint density at radius 1 is 0.778 bits per heavy atom. The zero-order valence-corrected chi connectivity index (χ0v) is 27.5. The van der Waals surface area contributed by atoms with Gasteiger partial charge in [-0.2, -0.15) is 0 Å². The van der Waals surface area contributed by atoms with Crippen LogP contribution in [0, 0.1) is 11.3 Å². The summed E-state index contributed by atoms with van der Waals surface area (Å²) in [5.74, 6) is -3.52. The molecule has 4 amide bonds. The molecule has 0 aliphatic carbocycles. The molecule has 2 aromatic rings. The smallest absolute Gasteiger partial charge is 0.289 e. The van der Waals surface area contributed by atoms with Crippen molar-refractivity contribution in [3.8, 4) is 0 Å². The molecule has 2 aromatic carbocycles. The number of carbonyl (C=O) groups excluding carboxylic acids is 5. The van der Waals surface area contributed by atoms with Crippen LogP contribution in [0.3, 0.4) is 0 Å². The van der Waals surface area contributed by atoms with Gasteiger partial charge >= 0.3 is 0 Å². The first-order valence-corrected chi connectivity index (χ1v) is 15.5. The van der Waals surface area contributed by atoms with Crippen LogP contribution in [-0.4, -0.2) is 85.7 Å². The van der Waals surface area contributed by atoms with E-state index in [1.54, 1.807) is 26.0 Å². The molecule has 3 rings (SSSR count). The largest absolute Gasteiger partial charge is 0.369 e. The van der Waals surface area contributed by atoms with Crippen molar-refractivity contribution >= 4 is 35.1 Å². The zero-order chi connectivity index (χ0) is 33.3. The van der Waals surface area contributed by atoms with E-state index in [4.69, 9.17) is 0 Å². The number of Topliss-reactive ketones (excluding diaryl/α,β-unsaturated/α-hetero) is 1. The number of anilines is 1. The maximum Gasteiger partial charge on any atom is 0.289 e. The van der Waals surface area contributed by atoms with E-state index in [1.165, 1.54) is 6.92 Å². The average molecular weight is 621 g/mol. The molecule has 11 heteroatoms. The van der Waals surface area contributed by atoms with E-state index in [0.29, 0.717) is 5.56 Å². The molecule has 0 radical (unpaired) electrons. The van der Waals surface area contributed by atoms with Crippen LogP contribution in [0.15, 0.2) is 54.6 Å². The minimum absolute atomic E-state index is 0.178. The first-order chi connectivity index (χ1) is 21.2. The normalized spacial score (nSPS) is 15.9. The second-order valence-corrected chi connectivity index (χ2v) is 13.1. The summed E-state index contributed by atoms with van der Waals surface area (Å²) in [5.41, 5.74) is 1.62. The summed E-state index contributed by atoms with van der Waals surface area (Å²) in [5, 5.41) is 10.7. The third-order valence-corrected chi connectivity index (χ3v) is 7.92. The second kappa shape index (κ2) is 15.7. The highest BCUT2D eigenvalue weighted by Crippen LogP contribution is 2.21. The van der Waals surface area contributed by atoms with Gasteiger partial charge in [0.05, 0.1) is 6.04 Å². The van der Waals surface area contributed by atoms with Crippen molar-refractivity contribution in [2.24, 2.45) is 11.3 Å². The van der Waals surface area contributed by atoms with Crippen molar-refractivity contribution in [3.05, 3.63) is 65.7 Å². The number of rotatable bonds is 12. The molecule has 0 saturated carbocycles. The molecule has 1 saturated heterocycles. The van der Waals surface area contributed by atoms with Crippen LogP contribution >= 0.6 is 0 Å². The monoisotopic (exact) mass is 620 g/mol. The first-order valence-electron chi connectivity index (χ1n) is 15.5. The molecule has 11 nitrogen and oxygen atoms in total. The number of piperazine rings is 1. The Hall–Kier alpha value is -4.25. The highest BCUT2D eigenvalue weighted by molar-refractivity contribution is 6.38. The predicted molar refractivity (Wildman–Crippen MR) is 175 cm³/mol. The molecular formula is C34H48N6O5. The maximum absolute atomic E-state index is 13.4. The molecular weight excluding hydrogens is 572 g/mol. The van der Waals surface area contributed by atoms with Crippen LogP contribution in [-0.2, 0) is 25.7 Å². The Kier molecular flexibility index (Phi) is 12.3. The van der Waals surface area contributed by atoms with Crippen molar-refractivity contribution in [1.29, 1.82) is 0 Å². The Balaban J connectivity index is 1.59. The summed E-state index contributed by atoms with van der Waals surface area (Å²) in [7, 11) is 2.10. The number of amides is 4. The van der Waals surface area contributed by atoms with E-state index in [1.807, 2.05) is 63.2 Å². The number of nitrogens with one attached hydrogen (secondary N) is 4. The standard InChI is InChI=1S/C34H48N6O5/c1-22(2)27(28(41)32(44)35-21-24-11-9-8-10-12-24)37-30(42)23(3)36-33(45)29(34(4,5)6)38-31(43)25-13-15-26(16-14-25)40-19-17-39(7)18-20-40/h8-16,22-23,27,29H,17-21H2,1-7H3,(H,35,44)(H,36,45)(H,37,42)(H,38,43)/t23-,27-,29+/m0/s1. The number of likely N-dealkylation sites (N-methyl/N-ethyl adjacent to an activating group) is 1. The van der Waals surface area contributed by atoms with Crippen LogP contribution in [0.2, 0.25) is 0 Å². The lowest BCUT2D eigenvalue weighted by Crippen LogP contribution is -2.59. The van der Waals surface area contributed by atoms with E-state index in [0.717, 1.165) is 37.4 Å². The van der Waals surface area contributed by atoms with Crippen LogP contribution in [0.5, 0.6) is 0 Å². The molecule has 0 unspecified atom stereocenters. The second-order valence-electron chi connectivity index (χ2n) is 13.1. The van der Waals surface area contributed by atoms with E-state index >= 15 is 0 Å². The van der Waals surface area contributed by atoms with Gasteiger partial charge in [-0.3, -0.25) is 24.0 Å². The third kappa shape index (κ3) is 10.1. The Morgan fingerprint density at radius 2 is 1.38 bits per heavy atom. The zero-order valence-electron chi connectivity index (χ0n) is 27.5. The van der Waals surface area contributed by atoms with Crippen molar-refractivity contribution in [1.82, 2.24) is 26.2 Å². The molecule has 4 N–H and O–H groups in total. The Morgan fingerprint density at radius 3 is 1.93 bits per heavy atom. The van der Waals surface area contributed by atoms with Crippen molar-refractivity contribution in [3.63, 3.8) is 0 Å². The van der Waals surface area contributed by atoms with Crippen LogP contribution < -0.4 is 26.2 Å². The average Bonchev–Trinajstić information content (AvgIpc) is 3.00. The minimum atomic E-state index is -1.08. The van der Waals surface area contributed by atoms with Gasteiger partial charge in [-0.25, -0.2) is 0 Å². The molecule has 1 heterocycles. The molecule has 1 aliphatic rings. The fourth-order valence-electron chi connectivity index (χ4n) is 4.96. The van der Waals surface area contributed by atoms with Crippen LogP contribution in [0.25, 0.3) is 0 Å². The lowest BCUT2D eigenvalue weighted by atomic mass is 9.85. The summed E-state index contributed by atoms with van der Waals surface area (Å²) in [6.45, 7) is 14.3. The van der Waals surface area contributed by atoms with E-state index in [9.17, 15) is 24.0 Å². The Labute approximate surface area is 266 Å². The third-order valence-electron chi connectivity index (χ3n) is 7.92. The number of benzene rings is 2. The SMILES string of the molecule is CC(C)[C@H](NC(=O)[C@H](C)NC(=O)[C@@H](NC(=O)c1ccc(N2CCN(C)CC2)cc1)C(C)(C)C)C(=O)C(=O)NCc1ccccc1. The van der Waals surface area contributed by atoms with Gasteiger partial charge in [-0.05, 0) is 55.1 Å². The number of carbonyl (C=O) groups is 5. The molecule has 1 fully saturated rings. The number of ketones is 1. The van der Waals surface area contributed by atoms with Crippen LogP contribution in [0.1, 0.15) is 57.5 Å². The first kappa shape index (κ1) is 35.2. The highest BCUT2D eigenvalue weighted by atomic mass is 16.2. The summed E-state index contributed by atoms with van der Waals surface area (Å²) >= 11 is 0. The molecule has 244 valence electrons. The van der Waals surface area contributed by atoms with Gasteiger partial charge in [-0.1, -0.05) is 65.0 Å². The lowest BCUT2D eigenvalue weighted by Gasteiger charge is -2.34. The van der Waals surface area contributed by atoms with Crippen molar-refractivity contribution in [2.45, 2.75) is 66.2 Å². The molecule has 1 aliphatic heterocycles. The van der Waals surface area contributed by atoms with Crippen molar-refractivity contribution < 1.29 is 24.0 Å². The molecule has 3 atom stereocenters. The molecule has 45 heavy (non-hydrogen) atoms. The van der Waals surface area contributed by atoms with Crippen LogP contribution in [0.4, 0.5) is 5.69 Å². The summed E-state index contributed by atoms with van der Waals surface area (Å²) in [4.78, 5) is 69.8. The lowest BCUT2D eigenvalue weighted by molar-refractivity contribution is -0.141. The summed E-state index contributed by atoms with van der Waals surface area (Å²) < 4.78 is 0.